The van der Waals surface area contributed by atoms with Gasteiger partial charge in [0.05, 0.1) is 0 Å². The highest BCUT2D eigenvalue weighted by molar-refractivity contribution is 5.77. The fourth-order valence-electron chi connectivity index (χ4n) is 2.57. The third kappa shape index (κ3) is 2.94. The molecule has 2 aliphatic rings. The van der Waals surface area contributed by atoms with Crippen LogP contribution in [0.15, 0.2) is 0 Å². The van der Waals surface area contributed by atoms with Gasteiger partial charge in [-0.25, -0.2) is 0 Å². The zero-order valence-corrected chi connectivity index (χ0v) is 9.59. The van der Waals surface area contributed by atoms with Crippen molar-refractivity contribution in [2.75, 3.05) is 0 Å². The third-order valence-corrected chi connectivity index (χ3v) is 3.80. The summed E-state index contributed by atoms with van der Waals surface area (Å²) in [5.41, 5.74) is 5.99. The molecular weight excluding hydrogens is 188 g/mol. The van der Waals surface area contributed by atoms with E-state index in [-0.39, 0.29) is 17.5 Å². The Balaban J connectivity index is 1.75. The minimum atomic E-state index is 0.0559. The molecule has 0 aromatic heterocycles. The predicted octanol–water partition coefficient (Wildman–Crippen LogP) is 1.56. The Morgan fingerprint density at radius 3 is 2.60 bits per heavy atom. The van der Waals surface area contributed by atoms with Crippen molar-refractivity contribution >= 4 is 5.91 Å². The maximum atomic E-state index is 11.8. The van der Waals surface area contributed by atoms with Crippen LogP contribution in [0.25, 0.3) is 0 Å². The third-order valence-electron chi connectivity index (χ3n) is 3.80. The van der Waals surface area contributed by atoms with Gasteiger partial charge in [-0.05, 0) is 38.5 Å². The summed E-state index contributed by atoms with van der Waals surface area (Å²) in [4.78, 5) is 11.8. The molecule has 3 heteroatoms. The van der Waals surface area contributed by atoms with Crippen molar-refractivity contribution in [3.63, 3.8) is 0 Å². The van der Waals surface area contributed by atoms with Crippen LogP contribution >= 0.6 is 0 Å². The van der Waals surface area contributed by atoms with Crippen LogP contribution in [0.2, 0.25) is 0 Å². The van der Waals surface area contributed by atoms with Crippen molar-refractivity contribution in [1.29, 1.82) is 0 Å². The molecule has 0 aromatic carbocycles. The first-order valence-electron chi connectivity index (χ1n) is 6.16. The van der Waals surface area contributed by atoms with Crippen molar-refractivity contribution in [2.24, 2.45) is 11.7 Å². The number of carbonyl (C=O) groups is 1. The molecule has 2 aliphatic carbocycles. The quantitative estimate of drug-likeness (QED) is 0.740. The van der Waals surface area contributed by atoms with Gasteiger partial charge in [-0.3, -0.25) is 4.79 Å². The minimum Gasteiger partial charge on any atom is -0.351 e. The van der Waals surface area contributed by atoms with E-state index >= 15 is 0 Å². The molecule has 0 aromatic rings. The van der Waals surface area contributed by atoms with Gasteiger partial charge in [-0.1, -0.05) is 12.8 Å². The molecule has 1 amide bonds. The van der Waals surface area contributed by atoms with Crippen molar-refractivity contribution in [3.05, 3.63) is 0 Å². The maximum Gasteiger partial charge on any atom is 0.221 e. The second kappa shape index (κ2) is 4.12. The van der Waals surface area contributed by atoms with Gasteiger partial charge in [0.1, 0.15) is 0 Å². The Labute approximate surface area is 91.8 Å². The van der Waals surface area contributed by atoms with Crippen LogP contribution in [0.5, 0.6) is 0 Å². The molecule has 3 nitrogen and oxygen atoms in total. The molecule has 1 atom stereocenters. The first kappa shape index (κ1) is 10.9. The molecule has 1 unspecified atom stereocenters. The first-order valence-corrected chi connectivity index (χ1v) is 6.16. The topological polar surface area (TPSA) is 55.1 Å². The van der Waals surface area contributed by atoms with Crippen LogP contribution in [0, 0.1) is 5.92 Å². The van der Waals surface area contributed by atoms with Gasteiger partial charge >= 0.3 is 0 Å². The standard InChI is InChI=1S/C12H22N2O/c1-12(6-2-3-7-12)14-11(15)8-10(13)9-4-5-9/h9-10H,2-8,13H2,1H3,(H,14,15). The van der Waals surface area contributed by atoms with Crippen molar-refractivity contribution in [1.82, 2.24) is 5.32 Å². The molecule has 3 N–H and O–H groups in total. The zero-order chi connectivity index (χ0) is 10.9. The SMILES string of the molecule is CC1(NC(=O)CC(N)C2CC2)CCCC1. The van der Waals surface area contributed by atoms with Crippen LogP contribution in [-0.4, -0.2) is 17.5 Å². The molecule has 2 rings (SSSR count). The average Bonchev–Trinajstić information content (AvgIpc) is 2.90. The summed E-state index contributed by atoms with van der Waals surface area (Å²) in [7, 11) is 0. The van der Waals surface area contributed by atoms with E-state index in [1.165, 1.54) is 25.7 Å². The summed E-state index contributed by atoms with van der Waals surface area (Å²) in [5, 5.41) is 3.15. The van der Waals surface area contributed by atoms with E-state index in [9.17, 15) is 4.79 Å². The smallest absolute Gasteiger partial charge is 0.221 e. The van der Waals surface area contributed by atoms with Gasteiger partial charge in [0.2, 0.25) is 5.91 Å². The lowest BCUT2D eigenvalue weighted by molar-refractivity contribution is -0.123. The summed E-state index contributed by atoms with van der Waals surface area (Å²) in [6.07, 6.45) is 7.67. The molecular formula is C12H22N2O. The number of hydrogen-bond acceptors (Lipinski definition) is 2. The second-order valence-corrected chi connectivity index (χ2v) is 5.52. The lowest BCUT2D eigenvalue weighted by atomic mass is 10.00. The van der Waals surface area contributed by atoms with Crippen molar-refractivity contribution in [2.45, 2.75) is 63.5 Å². The summed E-state index contributed by atoms with van der Waals surface area (Å²) in [5.74, 6) is 0.769. The number of carbonyl (C=O) groups excluding carboxylic acids is 1. The molecule has 2 fully saturated rings. The summed E-state index contributed by atoms with van der Waals surface area (Å²) >= 11 is 0. The van der Waals surface area contributed by atoms with Gasteiger partial charge in [-0.15, -0.1) is 0 Å². The number of rotatable bonds is 4. The van der Waals surface area contributed by atoms with E-state index in [1.807, 2.05) is 0 Å². The molecule has 0 radical (unpaired) electrons. The Kier molecular flexibility index (Phi) is 3.01. The fraction of sp³-hybridized carbons (Fsp3) is 0.917. The average molecular weight is 210 g/mol. The van der Waals surface area contributed by atoms with Crippen LogP contribution in [0.1, 0.15) is 51.9 Å². The highest BCUT2D eigenvalue weighted by Gasteiger charge is 2.33. The minimum absolute atomic E-state index is 0.0559. The van der Waals surface area contributed by atoms with Gasteiger partial charge < -0.3 is 11.1 Å². The molecule has 86 valence electrons. The van der Waals surface area contributed by atoms with Crippen LogP contribution in [0.3, 0.4) is 0 Å². The van der Waals surface area contributed by atoms with E-state index in [2.05, 4.69) is 12.2 Å². The normalized spacial score (nSPS) is 26.3. The Morgan fingerprint density at radius 2 is 2.07 bits per heavy atom. The largest absolute Gasteiger partial charge is 0.351 e. The van der Waals surface area contributed by atoms with E-state index in [4.69, 9.17) is 5.73 Å². The molecule has 0 aliphatic heterocycles. The highest BCUT2D eigenvalue weighted by Crippen LogP contribution is 2.33. The monoisotopic (exact) mass is 210 g/mol. The van der Waals surface area contributed by atoms with Crippen molar-refractivity contribution < 1.29 is 4.79 Å². The summed E-state index contributed by atoms with van der Waals surface area (Å²) < 4.78 is 0. The molecule has 0 spiro atoms. The van der Waals surface area contributed by atoms with Gasteiger partial charge in [0.25, 0.3) is 0 Å². The lowest BCUT2D eigenvalue weighted by Gasteiger charge is -2.26. The van der Waals surface area contributed by atoms with Crippen LogP contribution < -0.4 is 11.1 Å². The Morgan fingerprint density at radius 1 is 1.47 bits per heavy atom. The Bertz CT molecular complexity index is 242. The Hall–Kier alpha value is -0.570. The highest BCUT2D eigenvalue weighted by atomic mass is 16.1. The first-order chi connectivity index (χ1) is 7.09. The fourth-order valence-corrected chi connectivity index (χ4v) is 2.57. The molecule has 2 saturated carbocycles. The summed E-state index contributed by atoms with van der Waals surface area (Å²) in [6.45, 7) is 2.15. The van der Waals surface area contributed by atoms with E-state index in [0.717, 1.165) is 12.8 Å². The molecule has 0 bridgehead atoms. The predicted molar refractivity (Wildman–Crippen MR) is 60.3 cm³/mol. The number of amides is 1. The molecule has 0 saturated heterocycles. The summed E-state index contributed by atoms with van der Waals surface area (Å²) in [6, 6.07) is 0.0926. The van der Waals surface area contributed by atoms with E-state index in [0.29, 0.717) is 12.3 Å². The van der Waals surface area contributed by atoms with Crippen molar-refractivity contribution in [3.8, 4) is 0 Å². The van der Waals surface area contributed by atoms with Gasteiger partial charge in [0.15, 0.2) is 0 Å². The van der Waals surface area contributed by atoms with E-state index in [1.54, 1.807) is 0 Å². The van der Waals surface area contributed by atoms with Crippen LogP contribution in [-0.2, 0) is 4.79 Å². The molecule has 0 heterocycles. The maximum absolute atomic E-state index is 11.8. The molecule has 15 heavy (non-hydrogen) atoms. The lowest BCUT2D eigenvalue weighted by Crippen LogP contribution is -2.45. The second-order valence-electron chi connectivity index (χ2n) is 5.52. The van der Waals surface area contributed by atoms with Gasteiger partial charge in [-0.2, -0.15) is 0 Å². The van der Waals surface area contributed by atoms with E-state index < -0.39 is 0 Å². The van der Waals surface area contributed by atoms with Crippen LogP contribution in [0.4, 0.5) is 0 Å². The number of hydrogen-bond donors (Lipinski definition) is 2. The van der Waals surface area contributed by atoms with Gasteiger partial charge in [0, 0.05) is 18.0 Å². The number of nitrogens with two attached hydrogens (primary N) is 1. The number of nitrogens with one attached hydrogen (secondary N) is 1. The zero-order valence-electron chi connectivity index (χ0n) is 9.59.